The highest BCUT2D eigenvalue weighted by molar-refractivity contribution is 6.02. The first kappa shape index (κ1) is 45.4. The van der Waals surface area contributed by atoms with E-state index < -0.39 is 0 Å². The Labute approximate surface area is 348 Å². The molecule has 2 N–H and O–H groups in total. The van der Waals surface area contributed by atoms with Crippen molar-refractivity contribution in [2.75, 3.05) is 0 Å². The minimum atomic E-state index is -0.203. The molecule has 6 nitrogen and oxygen atoms in total. The van der Waals surface area contributed by atoms with Crippen molar-refractivity contribution in [3.8, 4) is 0 Å². The van der Waals surface area contributed by atoms with E-state index in [1.54, 1.807) is 12.4 Å². The van der Waals surface area contributed by atoms with Gasteiger partial charge in [0.1, 0.15) is 0 Å². The van der Waals surface area contributed by atoms with Crippen LogP contribution in [0.5, 0.6) is 0 Å². The Morgan fingerprint density at radius 1 is 0.603 bits per heavy atom. The Hall–Kier alpha value is -5.30. The molecule has 2 aliphatic carbocycles. The van der Waals surface area contributed by atoms with E-state index in [1.165, 1.54) is 0 Å². The second-order valence-corrected chi connectivity index (χ2v) is 17.0. The summed E-state index contributed by atoms with van der Waals surface area (Å²) in [5.74, 6) is 0.338. The molecule has 0 fully saturated rings. The van der Waals surface area contributed by atoms with Gasteiger partial charge in [-0.3, -0.25) is 19.6 Å². The highest BCUT2D eigenvalue weighted by Gasteiger charge is 2.38. The number of aromatic nitrogens is 2. The van der Waals surface area contributed by atoms with Crippen molar-refractivity contribution >= 4 is 11.6 Å². The summed E-state index contributed by atoms with van der Waals surface area (Å²) >= 11 is 0. The number of nitrogens with zero attached hydrogens (tertiary/aromatic N) is 2. The molecule has 2 unspecified atom stereocenters. The van der Waals surface area contributed by atoms with Gasteiger partial charge in [0, 0.05) is 37.9 Å². The fourth-order valence-electron chi connectivity index (χ4n) is 7.52. The van der Waals surface area contributed by atoms with Crippen LogP contribution in [0.4, 0.5) is 0 Å². The highest BCUT2D eigenvalue weighted by atomic mass is 16.1. The topological polar surface area (TPSA) is 84.0 Å². The van der Waals surface area contributed by atoms with Crippen LogP contribution >= 0.6 is 0 Å². The maximum Gasteiger partial charge on any atom is 0.175 e. The van der Waals surface area contributed by atoms with Gasteiger partial charge in [0.25, 0.3) is 0 Å². The molecule has 4 rings (SSSR count). The molecule has 0 bridgehead atoms. The number of nitrogens with one attached hydrogen (secondary N) is 2. The van der Waals surface area contributed by atoms with E-state index >= 15 is 0 Å². The zero-order valence-corrected chi connectivity index (χ0v) is 36.4. The van der Waals surface area contributed by atoms with Crippen molar-refractivity contribution in [1.82, 2.24) is 20.6 Å². The third-order valence-corrected chi connectivity index (χ3v) is 10.9. The van der Waals surface area contributed by atoms with Crippen LogP contribution in [0.3, 0.4) is 0 Å². The van der Waals surface area contributed by atoms with Gasteiger partial charge in [0.15, 0.2) is 11.6 Å². The third-order valence-electron chi connectivity index (χ3n) is 10.9. The lowest BCUT2D eigenvalue weighted by Gasteiger charge is -2.37. The van der Waals surface area contributed by atoms with E-state index in [0.717, 1.165) is 68.6 Å². The molecule has 0 saturated heterocycles. The molecule has 0 spiro atoms. The zero-order chi connectivity index (χ0) is 42.3. The van der Waals surface area contributed by atoms with E-state index in [0.29, 0.717) is 13.1 Å². The first-order valence-electron chi connectivity index (χ1n) is 20.4. The predicted octanol–water partition coefficient (Wildman–Crippen LogP) is 11.3. The number of pyridine rings is 2. The number of hydrogen-bond acceptors (Lipinski definition) is 6. The first-order chi connectivity index (χ1) is 27.6. The number of carbonyl (C=O) groups is 2. The zero-order valence-electron chi connectivity index (χ0n) is 36.4. The van der Waals surface area contributed by atoms with Crippen LogP contribution in [-0.4, -0.2) is 33.6 Å². The Kier molecular flexibility index (Phi) is 16.8. The van der Waals surface area contributed by atoms with Crippen LogP contribution < -0.4 is 10.6 Å². The number of hydrogen-bond donors (Lipinski definition) is 2. The van der Waals surface area contributed by atoms with Gasteiger partial charge in [0.2, 0.25) is 0 Å². The summed E-state index contributed by atoms with van der Waals surface area (Å²) in [6.45, 7) is 22.4. The average Bonchev–Trinajstić information content (AvgIpc) is 3.18. The monoisotopic (exact) mass is 777 g/mol. The molecule has 0 aliphatic heterocycles. The van der Waals surface area contributed by atoms with E-state index in [1.807, 2.05) is 50.5 Å². The van der Waals surface area contributed by atoms with Crippen LogP contribution in [0, 0.1) is 10.8 Å². The van der Waals surface area contributed by atoms with Gasteiger partial charge >= 0.3 is 0 Å². The standard InChI is InChI=1S/C52H64N4O2/c1-37(19-13-21-39(3)25-27-45-41(5)49(57)47(31-51(45,7)8)55-35-43-23-15-29-53-33-43)17-11-12-18-38(2)20-14-22-40(4)26-28-46-42(6)50(58)48(32-52(46,9)10)56-36-44-24-16-30-54-34-44/h11-30,33-34,47-48,55-56H,31-32,35-36H2,1-10H3/b12-11+,19-13+,20-14+,27-25+,28-26+,37-17+,38-18+,39-21+,40-22+. The minimum absolute atomic E-state index is 0.128. The molecule has 0 saturated carbocycles. The van der Waals surface area contributed by atoms with Gasteiger partial charge in [-0.05, 0) is 111 Å². The average molecular weight is 777 g/mol. The Balaban J connectivity index is 1.26. The quantitative estimate of drug-likeness (QED) is 0.165. The second-order valence-electron chi connectivity index (χ2n) is 17.0. The Morgan fingerprint density at radius 3 is 1.33 bits per heavy atom. The third kappa shape index (κ3) is 13.7. The summed E-state index contributed by atoms with van der Waals surface area (Å²) in [4.78, 5) is 34.9. The van der Waals surface area contributed by atoms with Gasteiger partial charge in [-0.15, -0.1) is 0 Å². The summed E-state index contributed by atoms with van der Waals surface area (Å²) in [6.07, 6.45) is 37.9. The second kappa shape index (κ2) is 21.5. The summed E-state index contributed by atoms with van der Waals surface area (Å²) in [7, 11) is 0. The maximum absolute atomic E-state index is 13.3. The van der Waals surface area contributed by atoms with Crippen LogP contribution in [-0.2, 0) is 22.7 Å². The smallest absolute Gasteiger partial charge is 0.175 e. The minimum Gasteiger partial charge on any atom is -0.303 e. The predicted molar refractivity (Wildman–Crippen MR) is 243 cm³/mol. The van der Waals surface area contributed by atoms with Crippen molar-refractivity contribution in [3.05, 3.63) is 190 Å². The first-order valence-corrected chi connectivity index (χ1v) is 20.4. The summed E-state index contributed by atoms with van der Waals surface area (Å²) in [5.41, 5.74) is 10.3. The van der Waals surface area contributed by atoms with Crippen LogP contribution in [0.25, 0.3) is 0 Å². The molecule has 0 amide bonds. The number of Topliss-reactive ketones (excluding diaryl/α,β-unsaturated/α-hetero) is 2. The van der Waals surface area contributed by atoms with Gasteiger partial charge in [-0.25, -0.2) is 0 Å². The summed E-state index contributed by atoms with van der Waals surface area (Å²) in [6, 6.07) is 7.48. The molecule has 2 aliphatic rings. The fraction of sp³-hybridized carbons (Fsp3) is 0.346. The summed E-state index contributed by atoms with van der Waals surface area (Å²) in [5, 5.41) is 6.91. The molecule has 2 heterocycles. The molecule has 2 aromatic rings. The van der Waals surface area contributed by atoms with Crippen molar-refractivity contribution in [2.24, 2.45) is 10.8 Å². The molecule has 2 atom stereocenters. The number of allylic oxidation sites excluding steroid dienone is 20. The number of rotatable bonds is 16. The van der Waals surface area contributed by atoms with Crippen LogP contribution in [0.1, 0.15) is 93.2 Å². The number of carbonyl (C=O) groups excluding carboxylic acids is 2. The van der Waals surface area contributed by atoms with Crippen LogP contribution in [0.2, 0.25) is 0 Å². The largest absolute Gasteiger partial charge is 0.303 e. The lowest BCUT2D eigenvalue weighted by Crippen LogP contribution is -2.44. The van der Waals surface area contributed by atoms with Crippen molar-refractivity contribution in [1.29, 1.82) is 0 Å². The fourth-order valence-corrected chi connectivity index (χ4v) is 7.52. The Morgan fingerprint density at radius 2 is 0.966 bits per heavy atom. The van der Waals surface area contributed by atoms with Gasteiger partial charge in [-0.2, -0.15) is 0 Å². The van der Waals surface area contributed by atoms with E-state index in [2.05, 4.69) is 161 Å². The lowest BCUT2D eigenvalue weighted by atomic mass is 9.70. The molecule has 58 heavy (non-hydrogen) atoms. The van der Waals surface area contributed by atoms with Gasteiger partial charge in [-0.1, -0.05) is 147 Å². The van der Waals surface area contributed by atoms with Crippen molar-refractivity contribution in [3.63, 3.8) is 0 Å². The molecule has 0 aromatic carbocycles. The number of ketones is 2. The molecule has 304 valence electrons. The maximum atomic E-state index is 13.3. The molecule has 6 heteroatoms. The molecule has 2 aromatic heterocycles. The van der Waals surface area contributed by atoms with E-state index in [9.17, 15) is 9.59 Å². The molecular weight excluding hydrogens is 713 g/mol. The normalized spacial score (nSPS) is 21.3. The molecule has 0 radical (unpaired) electrons. The van der Waals surface area contributed by atoms with Gasteiger partial charge in [0.05, 0.1) is 12.1 Å². The van der Waals surface area contributed by atoms with Gasteiger partial charge < -0.3 is 10.6 Å². The molecular formula is C52H64N4O2. The lowest BCUT2D eigenvalue weighted by molar-refractivity contribution is -0.119. The van der Waals surface area contributed by atoms with Crippen LogP contribution in [0.15, 0.2) is 179 Å². The highest BCUT2D eigenvalue weighted by Crippen LogP contribution is 2.41. The van der Waals surface area contributed by atoms with E-state index in [4.69, 9.17) is 0 Å². The Bertz CT molecular complexity index is 1960. The SMILES string of the molecule is CC1=C(/C=C/C(C)=C/C=C/C(C)=C/C=C/C=C(C)/C=C/C=C(C)/C=C/C2=C(C)C(=O)C(NCc3cccnc3)CC2(C)C)C(C)(C)CC(NCc2cccnc2)C1=O. The summed E-state index contributed by atoms with van der Waals surface area (Å²) < 4.78 is 0. The van der Waals surface area contributed by atoms with Crippen molar-refractivity contribution in [2.45, 2.75) is 107 Å². The van der Waals surface area contributed by atoms with E-state index in [-0.39, 0.29) is 34.5 Å². The van der Waals surface area contributed by atoms with Crippen molar-refractivity contribution < 1.29 is 9.59 Å².